The maximum absolute atomic E-state index is 12.4. The molecule has 0 aliphatic carbocycles. The number of hydrogen-bond acceptors (Lipinski definition) is 6. The number of nitrogens with zero attached hydrogens (tertiary/aromatic N) is 6. The van der Waals surface area contributed by atoms with Crippen LogP contribution in [0.2, 0.25) is 0 Å². The van der Waals surface area contributed by atoms with E-state index in [-0.39, 0.29) is 18.3 Å². The molecule has 9 nitrogen and oxygen atoms in total. The molecule has 9 heteroatoms. The van der Waals surface area contributed by atoms with Crippen LogP contribution in [0.5, 0.6) is 0 Å². The topological polar surface area (TPSA) is 101 Å². The van der Waals surface area contributed by atoms with Crippen LogP contribution in [-0.4, -0.2) is 93.6 Å². The van der Waals surface area contributed by atoms with E-state index in [9.17, 15) is 9.59 Å². The Kier molecular flexibility index (Phi) is 5.10. The van der Waals surface area contributed by atoms with Crippen LogP contribution in [0.3, 0.4) is 0 Å². The SMILES string of the molecule is CN1CCC(N2CCN(C(=O)Cn3cnc(C(N)=O)n3)CC2)CC1. The third-order valence-corrected chi connectivity index (χ3v) is 4.93. The highest BCUT2D eigenvalue weighted by atomic mass is 16.2. The minimum absolute atomic E-state index is 0.000974. The van der Waals surface area contributed by atoms with Gasteiger partial charge < -0.3 is 15.5 Å². The van der Waals surface area contributed by atoms with Gasteiger partial charge in [-0.15, -0.1) is 5.10 Å². The zero-order valence-electron chi connectivity index (χ0n) is 14.1. The second-order valence-corrected chi connectivity index (χ2v) is 6.58. The number of amides is 2. The molecule has 2 aliphatic rings. The van der Waals surface area contributed by atoms with Gasteiger partial charge in [0.25, 0.3) is 5.91 Å². The molecule has 3 rings (SSSR count). The van der Waals surface area contributed by atoms with E-state index in [4.69, 9.17) is 5.73 Å². The number of primary amides is 1. The number of aromatic nitrogens is 3. The van der Waals surface area contributed by atoms with Crippen LogP contribution < -0.4 is 5.73 Å². The summed E-state index contributed by atoms with van der Waals surface area (Å²) in [6.07, 6.45) is 3.78. The Balaban J connectivity index is 1.47. The molecule has 0 atom stereocenters. The molecule has 0 bridgehead atoms. The van der Waals surface area contributed by atoms with Gasteiger partial charge in [-0.1, -0.05) is 0 Å². The predicted octanol–water partition coefficient (Wildman–Crippen LogP) is -1.38. The quantitative estimate of drug-likeness (QED) is 0.727. The summed E-state index contributed by atoms with van der Waals surface area (Å²) in [5.74, 6) is -0.748. The maximum atomic E-state index is 12.4. The van der Waals surface area contributed by atoms with Gasteiger partial charge in [0.1, 0.15) is 12.9 Å². The van der Waals surface area contributed by atoms with Gasteiger partial charge in [0.05, 0.1) is 0 Å². The first-order valence-corrected chi connectivity index (χ1v) is 8.42. The van der Waals surface area contributed by atoms with Gasteiger partial charge in [-0.3, -0.25) is 14.5 Å². The minimum Gasteiger partial charge on any atom is -0.363 e. The molecule has 1 aromatic heterocycles. The first-order valence-electron chi connectivity index (χ1n) is 8.42. The summed E-state index contributed by atoms with van der Waals surface area (Å²) in [5, 5.41) is 3.91. The maximum Gasteiger partial charge on any atom is 0.288 e. The zero-order valence-corrected chi connectivity index (χ0v) is 14.1. The van der Waals surface area contributed by atoms with Gasteiger partial charge in [0, 0.05) is 32.2 Å². The zero-order chi connectivity index (χ0) is 17.1. The van der Waals surface area contributed by atoms with E-state index in [0.29, 0.717) is 6.04 Å². The first kappa shape index (κ1) is 16.8. The van der Waals surface area contributed by atoms with Crippen molar-refractivity contribution in [1.29, 1.82) is 0 Å². The lowest BCUT2D eigenvalue weighted by molar-refractivity contribution is -0.134. The van der Waals surface area contributed by atoms with Crippen molar-refractivity contribution in [1.82, 2.24) is 29.5 Å². The van der Waals surface area contributed by atoms with E-state index < -0.39 is 5.91 Å². The van der Waals surface area contributed by atoms with Crippen molar-refractivity contribution < 1.29 is 9.59 Å². The van der Waals surface area contributed by atoms with Crippen LogP contribution in [0.4, 0.5) is 0 Å². The summed E-state index contributed by atoms with van der Waals surface area (Å²) < 4.78 is 1.37. The Hall–Kier alpha value is -2.00. The molecule has 0 saturated carbocycles. The summed E-state index contributed by atoms with van der Waals surface area (Å²) in [5.41, 5.74) is 5.11. The van der Waals surface area contributed by atoms with Crippen molar-refractivity contribution >= 4 is 11.8 Å². The van der Waals surface area contributed by atoms with Gasteiger partial charge in [0.15, 0.2) is 0 Å². The Labute approximate surface area is 141 Å². The van der Waals surface area contributed by atoms with E-state index in [1.54, 1.807) is 0 Å². The molecular formula is C15H25N7O2. The van der Waals surface area contributed by atoms with E-state index in [2.05, 4.69) is 26.9 Å². The third-order valence-electron chi connectivity index (χ3n) is 4.93. The summed E-state index contributed by atoms with van der Waals surface area (Å²) in [6.45, 7) is 5.71. The number of rotatable bonds is 4. The summed E-state index contributed by atoms with van der Waals surface area (Å²) >= 11 is 0. The summed E-state index contributed by atoms with van der Waals surface area (Å²) in [4.78, 5) is 33.9. The molecule has 1 aromatic rings. The van der Waals surface area contributed by atoms with Gasteiger partial charge >= 0.3 is 0 Å². The molecular weight excluding hydrogens is 310 g/mol. The van der Waals surface area contributed by atoms with Crippen molar-refractivity contribution in [3.05, 3.63) is 12.2 Å². The van der Waals surface area contributed by atoms with Crippen LogP contribution >= 0.6 is 0 Å². The monoisotopic (exact) mass is 335 g/mol. The fraction of sp³-hybridized carbons (Fsp3) is 0.733. The number of carbonyl (C=O) groups excluding carboxylic acids is 2. The molecule has 2 amide bonds. The number of carbonyl (C=O) groups is 2. The number of likely N-dealkylation sites (tertiary alicyclic amines) is 1. The van der Waals surface area contributed by atoms with Crippen molar-refractivity contribution in [3.8, 4) is 0 Å². The molecule has 0 aromatic carbocycles. The lowest BCUT2D eigenvalue weighted by atomic mass is 10.0. The molecule has 24 heavy (non-hydrogen) atoms. The van der Waals surface area contributed by atoms with Crippen molar-refractivity contribution in [2.75, 3.05) is 46.3 Å². The lowest BCUT2D eigenvalue weighted by Crippen LogP contribution is -2.54. The largest absolute Gasteiger partial charge is 0.363 e. The predicted molar refractivity (Wildman–Crippen MR) is 87.2 cm³/mol. The number of hydrogen-bond donors (Lipinski definition) is 1. The molecule has 2 fully saturated rings. The van der Waals surface area contributed by atoms with Crippen molar-refractivity contribution in [3.63, 3.8) is 0 Å². The van der Waals surface area contributed by atoms with E-state index in [1.165, 1.54) is 23.9 Å². The highest BCUT2D eigenvalue weighted by Gasteiger charge is 2.28. The Morgan fingerprint density at radius 2 is 1.83 bits per heavy atom. The minimum atomic E-state index is -0.687. The van der Waals surface area contributed by atoms with Crippen LogP contribution in [-0.2, 0) is 11.3 Å². The number of nitrogens with two attached hydrogens (primary N) is 1. The molecule has 132 valence electrons. The van der Waals surface area contributed by atoms with Crippen LogP contribution in [0.15, 0.2) is 6.33 Å². The molecule has 3 heterocycles. The molecule has 0 radical (unpaired) electrons. The van der Waals surface area contributed by atoms with Crippen molar-refractivity contribution in [2.24, 2.45) is 5.73 Å². The summed E-state index contributed by atoms with van der Waals surface area (Å²) in [7, 11) is 2.17. The second-order valence-electron chi connectivity index (χ2n) is 6.58. The standard InChI is InChI=1S/C15H25N7O2/c1-19-4-2-12(3-5-19)20-6-8-21(9-7-20)13(23)10-22-11-17-15(18-22)14(16)24/h11-12H,2-10H2,1H3,(H2,16,24). The van der Waals surface area contributed by atoms with Crippen LogP contribution in [0.25, 0.3) is 0 Å². The van der Waals surface area contributed by atoms with E-state index in [1.807, 2.05) is 4.90 Å². The highest BCUT2D eigenvalue weighted by Crippen LogP contribution is 2.17. The normalized spacial score (nSPS) is 21.1. The van der Waals surface area contributed by atoms with Crippen LogP contribution in [0, 0.1) is 0 Å². The van der Waals surface area contributed by atoms with Crippen molar-refractivity contribution in [2.45, 2.75) is 25.4 Å². The van der Waals surface area contributed by atoms with Gasteiger partial charge in [0.2, 0.25) is 11.7 Å². The molecule has 2 aliphatic heterocycles. The average molecular weight is 335 g/mol. The second kappa shape index (κ2) is 7.27. The van der Waals surface area contributed by atoms with Gasteiger partial charge in [-0.05, 0) is 33.0 Å². The first-order chi connectivity index (χ1) is 11.5. The number of piperidine rings is 1. The Morgan fingerprint density at radius 3 is 2.42 bits per heavy atom. The van der Waals surface area contributed by atoms with Crippen LogP contribution in [0.1, 0.15) is 23.5 Å². The van der Waals surface area contributed by atoms with E-state index in [0.717, 1.165) is 39.3 Å². The Morgan fingerprint density at radius 1 is 1.17 bits per heavy atom. The van der Waals surface area contributed by atoms with Gasteiger partial charge in [-0.2, -0.15) is 0 Å². The fourth-order valence-corrected chi connectivity index (χ4v) is 3.42. The molecule has 2 saturated heterocycles. The Bertz CT molecular complexity index is 586. The molecule has 2 N–H and O–H groups in total. The number of piperazine rings is 1. The molecule has 0 spiro atoms. The fourth-order valence-electron chi connectivity index (χ4n) is 3.42. The lowest BCUT2D eigenvalue weighted by Gasteiger charge is -2.42. The average Bonchev–Trinajstić information content (AvgIpc) is 3.04. The third kappa shape index (κ3) is 3.90. The highest BCUT2D eigenvalue weighted by molar-refractivity contribution is 5.88. The smallest absolute Gasteiger partial charge is 0.288 e. The van der Waals surface area contributed by atoms with E-state index >= 15 is 0 Å². The molecule has 0 unspecified atom stereocenters. The summed E-state index contributed by atoms with van der Waals surface area (Å²) in [6, 6.07) is 0.645. The van der Waals surface area contributed by atoms with Gasteiger partial charge in [-0.25, -0.2) is 9.67 Å².